The van der Waals surface area contributed by atoms with Crippen molar-refractivity contribution in [2.24, 2.45) is 0 Å². The van der Waals surface area contributed by atoms with Crippen molar-refractivity contribution in [3.05, 3.63) is 35.7 Å². The second-order valence-corrected chi connectivity index (χ2v) is 6.15. The van der Waals surface area contributed by atoms with Crippen LogP contribution in [0.5, 0.6) is 0 Å². The second kappa shape index (κ2) is 5.24. The number of oxazole rings is 1. The SMILES string of the molecule is CS(=O)(=O)c1cccc(-c2nc(C(F)F)c(C(=O)O)o2)c1. The number of carbonyl (C=O) groups is 1. The van der Waals surface area contributed by atoms with Crippen LogP contribution in [-0.4, -0.2) is 30.7 Å². The zero-order valence-corrected chi connectivity index (χ0v) is 11.4. The lowest BCUT2D eigenvalue weighted by Gasteiger charge is -2.00. The number of nitrogens with zero attached hydrogens (tertiary/aromatic N) is 1. The van der Waals surface area contributed by atoms with Crippen molar-refractivity contribution in [3.8, 4) is 11.5 Å². The Labute approximate surface area is 118 Å². The molecule has 21 heavy (non-hydrogen) atoms. The van der Waals surface area contributed by atoms with Gasteiger partial charge in [0.2, 0.25) is 11.7 Å². The Kier molecular flexibility index (Phi) is 3.77. The minimum absolute atomic E-state index is 0.0614. The number of halogens is 2. The smallest absolute Gasteiger partial charge is 0.374 e. The summed E-state index contributed by atoms with van der Waals surface area (Å²) in [5.41, 5.74) is -0.908. The van der Waals surface area contributed by atoms with Crippen LogP contribution in [0.2, 0.25) is 0 Å². The van der Waals surface area contributed by atoms with Gasteiger partial charge in [0, 0.05) is 11.8 Å². The van der Waals surface area contributed by atoms with E-state index in [9.17, 15) is 22.0 Å². The first kappa shape index (κ1) is 15.1. The molecule has 0 unspecified atom stereocenters. The third kappa shape index (κ3) is 3.07. The van der Waals surface area contributed by atoms with Gasteiger partial charge < -0.3 is 9.52 Å². The van der Waals surface area contributed by atoms with E-state index in [1.165, 1.54) is 24.3 Å². The molecule has 0 spiro atoms. The van der Waals surface area contributed by atoms with Crippen molar-refractivity contribution in [1.82, 2.24) is 4.98 Å². The van der Waals surface area contributed by atoms with Crippen LogP contribution < -0.4 is 0 Å². The van der Waals surface area contributed by atoms with Gasteiger partial charge in [0.25, 0.3) is 6.43 Å². The molecule has 1 heterocycles. The molecule has 2 rings (SSSR count). The van der Waals surface area contributed by atoms with E-state index in [4.69, 9.17) is 9.52 Å². The lowest BCUT2D eigenvalue weighted by atomic mass is 10.2. The molecule has 0 atom stereocenters. The molecule has 0 saturated heterocycles. The molecule has 0 bridgehead atoms. The molecule has 6 nitrogen and oxygen atoms in total. The number of carboxylic acid groups (broad SMARTS) is 1. The average molecular weight is 317 g/mol. The molecular formula is C12H9F2NO5S. The van der Waals surface area contributed by atoms with Crippen LogP contribution in [0.25, 0.3) is 11.5 Å². The number of carboxylic acids is 1. The standard InChI is InChI=1S/C12H9F2NO5S/c1-21(18,19)7-4-2-3-6(5-7)11-15-8(10(13)14)9(20-11)12(16)17/h2-5,10H,1H3,(H,16,17). The van der Waals surface area contributed by atoms with Crippen LogP contribution in [0, 0.1) is 0 Å². The zero-order valence-electron chi connectivity index (χ0n) is 10.6. The van der Waals surface area contributed by atoms with Gasteiger partial charge in [0.15, 0.2) is 15.5 Å². The fraction of sp³-hybridized carbons (Fsp3) is 0.167. The average Bonchev–Trinajstić information content (AvgIpc) is 2.83. The number of hydrogen-bond acceptors (Lipinski definition) is 5. The van der Waals surface area contributed by atoms with Gasteiger partial charge in [-0.15, -0.1) is 0 Å². The van der Waals surface area contributed by atoms with Crippen molar-refractivity contribution < 1.29 is 31.5 Å². The van der Waals surface area contributed by atoms with E-state index in [-0.39, 0.29) is 16.3 Å². The van der Waals surface area contributed by atoms with E-state index >= 15 is 0 Å². The summed E-state index contributed by atoms with van der Waals surface area (Å²) in [7, 11) is -3.50. The summed E-state index contributed by atoms with van der Waals surface area (Å²) in [4.78, 5) is 14.2. The Balaban J connectivity index is 2.58. The maximum atomic E-state index is 12.7. The number of aromatic carboxylic acids is 1. The van der Waals surface area contributed by atoms with E-state index in [0.717, 1.165) is 6.26 Å². The van der Waals surface area contributed by atoms with Crippen LogP contribution >= 0.6 is 0 Å². The van der Waals surface area contributed by atoms with Gasteiger partial charge in [-0.05, 0) is 18.2 Å². The predicted molar refractivity (Wildman–Crippen MR) is 67.0 cm³/mol. The van der Waals surface area contributed by atoms with E-state index in [1.54, 1.807) is 0 Å². The third-order valence-electron chi connectivity index (χ3n) is 2.56. The molecule has 0 fully saturated rings. The lowest BCUT2D eigenvalue weighted by molar-refractivity contribution is 0.0647. The molecule has 1 N–H and O–H groups in total. The highest BCUT2D eigenvalue weighted by molar-refractivity contribution is 7.90. The Hall–Kier alpha value is -2.29. The van der Waals surface area contributed by atoms with Gasteiger partial charge in [0.05, 0.1) is 4.90 Å². The van der Waals surface area contributed by atoms with Crippen molar-refractivity contribution in [1.29, 1.82) is 0 Å². The molecule has 112 valence electrons. The Morgan fingerprint density at radius 2 is 2.05 bits per heavy atom. The largest absolute Gasteiger partial charge is 0.475 e. The van der Waals surface area contributed by atoms with Gasteiger partial charge >= 0.3 is 5.97 Å². The molecule has 0 amide bonds. The van der Waals surface area contributed by atoms with E-state index in [2.05, 4.69) is 4.98 Å². The van der Waals surface area contributed by atoms with Crippen molar-refractivity contribution in [2.75, 3.05) is 6.26 Å². The molecule has 9 heteroatoms. The first-order valence-electron chi connectivity index (χ1n) is 5.53. The second-order valence-electron chi connectivity index (χ2n) is 4.14. The summed E-state index contributed by atoms with van der Waals surface area (Å²) >= 11 is 0. The van der Waals surface area contributed by atoms with Gasteiger partial charge in [-0.2, -0.15) is 0 Å². The molecule has 1 aromatic heterocycles. The van der Waals surface area contributed by atoms with E-state index in [0.29, 0.717) is 0 Å². The number of aromatic nitrogens is 1. The molecule has 2 aromatic rings. The van der Waals surface area contributed by atoms with Gasteiger partial charge in [0.1, 0.15) is 0 Å². The lowest BCUT2D eigenvalue weighted by Crippen LogP contribution is -1.99. The number of hydrogen-bond donors (Lipinski definition) is 1. The molecule has 0 saturated carbocycles. The topological polar surface area (TPSA) is 97.5 Å². The van der Waals surface area contributed by atoms with Gasteiger partial charge in [-0.25, -0.2) is 27.0 Å². The molecule has 1 aromatic carbocycles. The summed E-state index contributed by atoms with van der Waals surface area (Å²) < 4.78 is 53.1. The van der Waals surface area contributed by atoms with Crippen molar-refractivity contribution in [2.45, 2.75) is 11.3 Å². The Morgan fingerprint density at radius 1 is 1.38 bits per heavy atom. The molecule has 0 aliphatic heterocycles. The minimum Gasteiger partial charge on any atom is -0.475 e. The number of rotatable bonds is 4. The minimum atomic E-state index is -3.50. The normalized spacial score (nSPS) is 11.8. The summed E-state index contributed by atoms with van der Waals surface area (Å²) in [6.07, 6.45) is -2.14. The molecule has 0 aliphatic rings. The Bertz CT molecular complexity index is 798. The highest BCUT2D eigenvalue weighted by Gasteiger charge is 2.27. The summed E-state index contributed by atoms with van der Waals surface area (Å²) in [6.45, 7) is 0. The summed E-state index contributed by atoms with van der Waals surface area (Å²) in [6, 6.07) is 5.23. The van der Waals surface area contributed by atoms with Crippen LogP contribution in [0.1, 0.15) is 22.7 Å². The summed E-state index contributed by atoms with van der Waals surface area (Å²) in [5.74, 6) is -3.03. The first-order chi connectivity index (χ1) is 9.70. The van der Waals surface area contributed by atoms with Crippen LogP contribution in [-0.2, 0) is 9.84 Å². The third-order valence-corrected chi connectivity index (χ3v) is 3.67. The fourth-order valence-corrected chi connectivity index (χ4v) is 2.28. The van der Waals surface area contributed by atoms with Crippen LogP contribution in [0.15, 0.2) is 33.6 Å². The fourth-order valence-electron chi connectivity index (χ4n) is 1.62. The first-order valence-corrected chi connectivity index (χ1v) is 7.42. The number of sulfone groups is 1. The van der Waals surface area contributed by atoms with Crippen LogP contribution in [0.4, 0.5) is 8.78 Å². The molecule has 0 aliphatic carbocycles. The molecular weight excluding hydrogens is 308 g/mol. The van der Waals surface area contributed by atoms with E-state index < -0.39 is 33.7 Å². The maximum absolute atomic E-state index is 12.7. The monoisotopic (exact) mass is 317 g/mol. The highest BCUT2D eigenvalue weighted by Crippen LogP contribution is 2.29. The Morgan fingerprint density at radius 3 is 2.52 bits per heavy atom. The summed E-state index contributed by atoms with van der Waals surface area (Å²) in [5, 5.41) is 8.80. The maximum Gasteiger partial charge on any atom is 0.374 e. The highest BCUT2D eigenvalue weighted by atomic mass is 32.2. The molecule has 0 radical (unpaired) electrons. The zero-order chi connectivity index (χ0) is 15.8. The van der Waals surface area contributed by atoms with Gasteiger partial charge in [-0.1, -0.05) is 6.07 Å². The van der Waals surface area contributed by atoms with Crippen LogP contribution in [0.3, 0.4) is 0 Å². The van der Waals surface area contributed by atoms with Crippen molar-refractivity contribution >= 4 is 15.8 Å². The van der Waals surface area contributed by atoms with Crippen molar-refractivity contribution in [3.63, 3.8) is 0 Å². The predicted octanol–water partition coefficient (Wildman–Crippen LogP) is 2.38. The number of alkyl halides is 2. The number of benzene rings is 1. The van der Waals surface area contributed by atoms with Gasteiger partial charge in [-0.3, -0.25) is 0 Å². The van der Waals surface area contributed by atoms with E-state index in [1.807, 2.05) is 0 Å². The quantitative estimate of drug-likeness (QED) is 0.929.